The molecule has 1 aromatic heterocycles. The molecule has 6 rings (SSSR count). The van der Waals surface area contributed by atoms with Crippen LogP contribution in [0.5, 0.6) is 0 Å². The summed E-state index contributed by atoms with van der Waals surface area (Å²) >= 11 is 0. The maximum atomic E-state index is 5.12. The highest BCUT2D eigenvalue weighted by atomic mass is 14.8. The minimum atomic E-state index is 0.922. The van der Waals surface area contributed by atoms with Gasteiger partial charge in [0, 0.05) is 11.1 Å². The number of benzene rings is 5. The quantitative estimate of drug-likeness (QED) is 0.282. The van der Waals surface area contributed by atoms with Gasteiger partial charge in [-0.3, -0.25) is 0 Å². The molecule has 0 bridgehead atoms. The van der Waals surface area contributed by atoms with Gasteiger partial charge < -0.3 is 0 Å². The van der Waals surface area contributed by atoms with Crippen molar-refractivity contribution in [1.29, 1.82) is 0 Å². The Labute approximate surface area is 180 Å². The molecule has 0 unspecified atom stereocenters. The fourth-order valence-electron chi connectivity index (χ4n) is 4.53. The molecule has 0 fully saturated rings. The Morgan fingerprint density at radius 1 is 0.581 bits per heavy atom. The van der Waals surface area contributed by atoms with Crippen LogP contribution in [0.4, 0.5) is 0 Å². The number of hydrogen-bond donors (Lipinski definition) is 0. The number of nitrogens with zero attached hydrogens (tertiary/aromatic N) is 2. The van der Waals surface area contributed by atoms with Gasteiger partial charge in [0.2, 0.25) is 0 Å². The van der Waals surface area contributed by atoms with Crippen LogP contribution in [-0.4, -0.2) is 9.97 Å². The summed E-state index contributed by atoms with van der Waals surface area (Å²) in [5.74, 6) is 0. The molecular weight excluding hydrogens is 376 g/mol. The molecule has 0 aliphatic carbocycles. The van der Waals surface area contributed by atoms with E-state index in [2.05, 4.69) is 91.9 Å². The third-order valence-electron chi connectivity index (χ3n) is 5.96. The van der Waals surface area contributed by atoms with Gasteiger partial charge in [-0.05, 0) is 40.1 Å². The van der Waals surface area contributed by atoms with Crippen molar-refractivity contribution >= 4 is 32.6 Å². The summed E-state index contributed by atoms with van der Waals surface area (Å²) in [6.07, 6.45) is 0. The maximum Gasteiger partial charge on any atom is 0.0975 e. The zero-order valence-electron chi connectivity index (χ0n) is 17.2. The van der Waals surface area contributed by atoms with Crippen LogP contribution < -0.4 is 0 Å². The van der Waals surface area contributed by atoms with Crippen LogP contribution >= 0.6 is 0 Å². The van der Waals surface area contributed by atoms with Crippen molar-refractivity contribution in [1.82, 2.24) is 9.97 Å². The Morgan fingerprint density at radius 3 is 2.10 bits per heavy atom. The lowest BCUT2D eigenvalue weighted by atomic mass is 9.92. The van der Waals surface area contributed by atoms with E-state index in [9.17, 15) is 0 Å². The van der Waals surface area contributed by atoms with E-state index < -0.39 is 0 Å². The average Bonchev–Trinajstić information content (AvgIpc) is 2.83. The number of aryl methyl sites for hydroxylation is 1. The van der Waals surface area contributed by atoms with Crippen LogP contribution in [0.3, 0.4) is 0 Å². The lowest BCUT2D eigenvalue weighted by molar-refractivity contribution is 1.19. The SMILES string of the molecule is Cc1nc2c(-c3cccc4ccccc34)c3ccccc3cc2nc1-c1ccccc1. The molecule has 0 aliphatic rings. The monoisotopic (exact) mass is 396 g/mol. The van der Waals surface area contributed by atoms with Crippen molar-refractivity contribution in [3.05, 3.63) is 109 Å². The molecule has 146 valence electrons. The summed E-state index contributed by atoms with van der Waals surface area (Å²) in [6, 6.07) is 36.0. The molecule has 0 atom stereocenters. The Morgan fingerprint density at radius 2 is 1.26 bits per heavy atom. The molecule has 31 heavy (non-hydrogen) atoms. The van der Waals surface area contributed by atoms with E-state index in [0.29, 0.717) is 0 Å². The largest absolute Gasteiger partial charge is 0.249 e. The lowest BCUT2D eigenvalue weighted by Crippen LogP contribution is -1.97. The van der Waals surface area contributed by atoms with E-state index in [4.69, 9.17) is 9.97 Å². The molecule has 0 radical (unpaired) electrons. The molecule has 0 aliphatic heterocycles. The first-order valence-electron chi connectivity index (χ1n) is 10.5. The van der Waals surface area contributed by atoms with Gasteiger partial charge >= 0.3 is 0 Å². The zero-order chi connectivity index (χ0) is 20.8. The summed E-state index contributed by atoms with van der Waals surface area (Å²) in [6.45, 7) is 2.05. The van der Waals surface area contributed by atoms with Crippen molar-refractivity contribution in [2.24, 2.45) is 0 Å². The third-order valence-corrected chi connectivity index (χ3v) is 5.96. The zero-order valence-corrected chi connectivity index (χ0v) is 17.2. The predicted octanol–water partition coefficient (Wildman–Crippen LogP) is 7.58. The molecule has 2 heteroatoms. The first-order chi connectivity index (χ1) is 15.3. The smallest absolute Gasteiger partial charge is 0.0975 e. The van der Waals surface area contributed by atoms with E-state index in [0.717, 1.165) is 33.5 Å². The van der Waals surface area contributed by atoms with Gasteiger partial charge in [-0.2, -0.15) is 0 Å². The van der Waals surface area contributed by atoms with E-state index >= 15 is 0 Å². The molecule has 2 nitrogen and oxygen atoms in total. The minimum absolute atomic E-state index is 0.922. The van der Waals surface area contributed by atoms with Gasteiger partial charge in [0.25, 0.3) is 0 Å². The van der Waals surface area contributed by atoms with Crippen molar-refractivity contribution in [3.8, 4) is 22.4 Å². The summed E-state index contributed by atoms with van der Waals surface area (Å²) < 4.78 is 0. The van der Waals surface area contributed by atoms with Crippen LogP contribution in [0, 0.1) is 6.92 Å². The second kappa shape index (κ2) is 7.03. The van der Waals surface area contributed by atoms with Crippen LogP contribution in [0.1, 0.15) is 5.69 Å². The number of fused-ring (bicyclic) bond motifs is 3. The van der Waals surface area contributed by atoms with Gasteiger partial charge in [0.05, 0.1) is 22.4 Å². The van der Waals surface area contributed by atoms with Crippen LogP contribution in [-0.2, 0) is 0 Å². The summed E-state index contributed by atoms with van der Waals surface area (Å²) in [7, 11) is 0. The van der Waals surface area contributed by atoms with E-state index in [1.807, 2.05) is 18.2 Å². The van der Waals surface area contributed by atoms with Gasteiger partial charge in [-0.1, -0.05) is 97.1 Å². The number of rotatable bonds is 2. The highest BCUT2D eigenvalue weighted by molar-refractivity contribution is 6.15. The first-order valence-corrected chi connectivity index (χ1v) is 10.5. The standard InChI is InChI=1S/C29H20N2/c1-19-28(21-11-3-2-4-12-21)31-26-18-22-13-6-8-16-24(22)27(29(26)30-19)25-17-9-14-20-10-5-7-15-23(20)25/h2-18H,1H3. The van der Waals surface area contributed by atoms with Gasteiger partial charge in [-0.25, -0.2) is 9.97 Å². The van der Waals surface area contributed by atoms with E-state index in [-0.39, 0.29) is 0 Å². The van der Waals surface area contributed by atoms with Gasteiger partial charge in [0.15, 0.2) is 0 Å². The summed E-state index contributed by atoms with van der Waals surface area (Å²) in [5.41, 5.74) is 7.19. The van der Waals surface area contributed by atoms with Gasteiger partial charge in [-0.15, -0.1) is 0 Å². The lowest BCUT2D eigenvalue weighted by Gasteiger charge is -2.15. The predicted molar refractivity (Wildman–Crippen MR) is 130 cm³/mol. The fourth-order valence-corrected chi connectivity index (χ4v) is 4.53. The average molecular weight is 396 g/mol. The van der Waals surface area contributed by atoms with Crippen LogP contribution in [0.2, 0.25) is 0 Å². The van der Waals surface area contributed by atoms with E-state index in [1.54, 1.807) is 0 Å². The number of aromatic nitrogens is 2. The molecular formula is C29H20N2. The maximum absolute atomic E-state index is 5.12. The highest BCUT2D eigenvalue weighted by Crippen LogP contribution is 2.39. The van der Waals surface area contributed by atoms with Gasteiger partial charge in [0.1, 0.15) is 0 Å². The molecule has 6 aromatic rings. The van der Waals surface area contributed by atoms with Crippen molar-refractivity contribution in [3.63, 3.8) is 0 Å². The Bertz CT molecular complexity index is 1580. The Kier molecular flexibility index (Phi) is 4.03. The molecule has 0 N–H and O–H groups in total. The Hall–Kier alpha value is -4.04. The number of hydrogen-bond acceptors (Lipinski definition) is 2. The normalized spacial score (nSPS) is 11.4. The second-order valence-electron chi connectivity index (χ2n) is 7.89. The molecule has 5 aromatic carbocycles. The van der Waals surface area contributed by atoms with Crippen molar-refractivity contribution < 1.29 is 0 Å². The highest BCUT2D eigenvalue weighted by Gasteiger charge is 2.16. The van der Waals surface area contributed by atoms with Crippen LogP contribution in [0.15, 0.2) is 103 Å². The first kappa shape index (κ1) is 17.8. The fraction of sp³-hybridized carbons (Fsp3) is 0.0345. The minimum Gasteiger partial charge on any atom is -0.249 e. The topological polar surface area (TPSA) is 25.8 Å². The molecule has 0 spiro atoms. The Balaban J connectivity index is 1.76. The van der Waals surface area contributed by atoms with E-state index in [1.165, 1.54) is 27.1 Å². The molecule has 0 saturated carbocycles. The summed E-state index contributed by atoms with van der Waals surface area (Å²) in [4.78, 5) is 10.2. The van der Waals surface area contributed by atoms with Crippen LogP contribution in [0.25, 0.3) is 55.0 Å². The summed E-state index contributed by atoms with van der Waals surface area (Å²) in [5, 5.41) is 4.84. The molecule has 0 saturated heterocycles. The second-order valence-corrected chi connectivity index (χ2v) is 7.89. The third kappa shape index (κ3) is 2.88. The molecule has 1 heterocycles. The van der Waals surface area contributed by atoms with Crippen molar-refractivity contribution in [2.45, 2.75) is 6.92 Å². The van der Waals surface area contributed by atoms with Crippen molar-refractivity contribution in [2.75, 3.05) is 0 Å². The molecule has 0 amide bonds.